The number of carbonyl (C=O) groups excluding carboxylic acids is 1. The number of Topliss-reactive ketones (excluding diaryl/α,β-unsaturated/α-hetero) is 1. The third-order valence-electron chi connectivity index (χ3n) is 3.61. The Hall–Kier alpha value is -2.93. The van der Waals surface area contributed by atoms with Crippen molar-refractivity contribution in [2.45, 2.75) is 6.54 Å². The maximum Gasteiger partial charge on any atom is 0.269 e. The van der Waals surface area contributed by atoms with Crippen molar-refractivity contribution < 1.29 is 14.5 Å². The molecule has 0 bridgehead atoms. The number of ketones is 1. The maximum atomic E-state index is 12.4. The Morgan fingerprint density at radius 2 is 2.00 bits per heavy atom. The second kappa shape index (κ2) is 6.29. The fraction of sp³-hybridized carbons (Fsp3) is 0.125. The predicted octanol–water partition coefficient (Wildman–Crippen LogP) is 3.49. The number of halogens is 1. The highest BCUT2D eigenvalue weighted by Gasteiger charge is 2.15. The highest BCUT2D eigenvalue weighted by molar-refractivity contribution is 6.29. The molecule has 0 aliphatic rings. The first kappa shape index (κ1) is 15.9. The van der Waals surface area contributed by atoms with Crippen LogP contribution in [0.4, 0.5) is 5.69 Å². The number of imidazole rings is 1. The minimum Gasteiger partial charge on any atom is -0.497 e. The minimum atomic E-state index is -0.512. The zero-order valence-electron chi connectivity index (χ0n) is 12.6. The van der Waals surface area contributed by atoms with Gasteiger partial charge in [0.1, 0.15) is 5.75 Å². The quantitative estimate of drug-likeness (QED) is 0.401. The van der Waals surface area contributed by atoms with Crippen molar-refractivity contribution in [3.63, 3.8) is 0 Å². The summed E-state index contributed by atoms with van der Waals surface area (Å²) in [5.41, 5.74) is 1.63. The van der Waals surface area contributed by atoms with Crippen LogP contribution in [0.2, 0.25) is 5.28 Å². The Kier molecular flexibility index (Phi) is 4.18. The van der Waals surface area contributed by atoms with E-state index in [0.29, 0.717) is 22.3 Å². The third kappa shape index (κ3) is 2.93. The van der Waals surface area contributed by atoms with Gasteiger partial charge in [-0.15, -0.1) is 0 Å². The van der Waals surface area contributed by atoms with E-state index in [1.165, 1.54) is 24.3 Å². The molecule has 1 heterocycles. The van der Waals surface area contributed by atoms with Crippen molar-refractivity contribution in [1.29, 1.82) is 0 Å². The number of ether oxygens (including phenoxy) is 1. The molecule has 0 aliphatic heterocycles. The molecule has 8 heteroatoms. The summed E-state index contributed by atoms with van der Waals surface area (Å²) < 4.78 is 6.72. The average molecular weight is 346 g/mol. The van der Waals surface area contributed by atoms with Crippen molar-refractivity contribution in [3.05, 3.63) is 63.4 Å². The highest BCUT2D eigenvalue weighted by Crippen LogP contribution is 2.24. The van der Waals surface area contributed by atoms with Gasteiger partial charge in [-0.2, -0.15) is 0 Å². The smallest absolute Gasteiger partial charge is 0.269 e. The molecule has 7 nitrogen and oxygen atoms in total. The predicted molar refractivity (Wildman–Crippen MR) is 88.7 cm³/mol. The van der Waals surface area contributed by atoms with Gasteiger partial charge in [-0.25, -0.2) is 4.98 Å². The highest BCUT2D eigenvalue weighted by atomic mass is 35.5. The first-order valence-corrected chi connectivity index (χ1v) is 7.35. The van der Waals surface area contributed by atoms with Crippen molar-refractivity contribution in [1.82, 2.24) is 9.55 Å². The molecule has 3 rings (SSSR count). The van der Waals surface area contributed by atoms with E-state index in [1.54, 1.807) is 29.9 Å². The fourth-order valence-corrected chi connectivity index (χ4v) is 2.60. The zero-order valence-corrected chi connectivity index (χ0v) is 13.4. The van der Waals surface area contributed by atoms with Gasteiger partial charge in [0.2, 0.25) is 5.28 Å². The van der Waals surface area contributed by atoms with E-state index < -0.39 is 4.92 Å². The van der Waals surface area contributed by atoms with E-state index >= 15 is 0 Å². The summed E-state index contributed by atoms with van der Waals surface area (Å²) in [5.74, 6) is 0.424. The Labute approximate surface area is 141 Å². The number of aromatic nitrogens is 2. The monoisotopic (exact) mass is 345 g/mol. The first-order chi connectivity index (χ1) is 11.5. The van der Waals surface area contributed by atoms with Crippen molar-refractivity contribution in [3.8, 4) is 5.75 Å². The van der Waals surface area contributed by atoms with Crippen LogP contribution in [-0.2, 0) is 6.54 Å². The van der Waals surface area contributed by atoms with Gasteiger partial charge in [0.15, 0.2) is 5.78 Å². The van der Waals surface area contributed by atoms with Gasteiger partial charge in [-0.3, -0.25) is 14.9 Å². The summed E-state index contributed by atoms with van der Waals surface area (Å²) in [6, 6.07) is 10.7. The summed E-state index contributed by atoms with van der Waals surface area (Å²) in [6.45, 7) is -0.0144. The molecule has 0 saturated heterocycles. The number of methoxy groups -OCH3 is 1. The van der Waals surface area contributed by atoms with E-state index in [1.807, 2.05) is 0 Å². The number of rotatable bonds is 5. The van der Waals surface area contributed by atoms with Gasteiger partial charge in [0.05, 0.1) is 29.6 Å². The lowest BCUT2D eigenvalue weighted by atomic mass is 10.1. The van der Waals surface area contributed by atoms with E-state index in [4.69, 9.17) is 16.3 Å². The zero-order chi connectivity index (χ0) is 17.3. The number of carbonyl (C=O) groups is 1. The largest absolute Gasteiger partial charge is 0.497 e. The number of nitro benzene ring substituents is 1. The lowest BCUT2D eigenvalue weighted by Gasteiger charge is -2.06. The van der Waals surface area contributed by atoms with Crippen LogP contribution in [0, 0.1) is 10.1 Å². The summed E-state index contributed by atoms with van der Waals surface area (Å²) in [5, 5.41) is 10.9. The molecule has 0 spiro atoms. The summed E-state index contributed by atoms with van der Waals surface area (Å²) in [6.07, 6.45) is 0. The molecule has 0 N–H and O–H groups in total. The van der Waals surface area contributed by atoms with Gasteiger partial charge >= 0.3 is 0 Å². The lowest BCUT2D eigenvalue weighted by Crippen LogP contribution is -2.10. The Balaban J connectivity index is 1.90. The fourth-order valence-electron chi connectivity index (χ4n) is 2.36. The first-order valence-electron chi connectivity index (χ1n) is 6.97. The second-order valence-corrected chi connectivity index (χ2v) is 5.39. The molecular weight excluding hydrogens is 334 g/mol. The van der Waals surface area contributed by atoms with Gasteiger partial charge in [0, 0.05) is 23.8 Å². The second-order valence-electron chi connectivity index (χ2n) is 5.05. The molecule has 0 fully saturated rings. The van der Waals surface area contributed by atoms with Gasteiger partial charge in [-0.1, -0.05) is 0 Å². The Morgan fingerprint density at radius 1 is 1.29 bits per heavy atom. The summed E-state index contributed by atoms with van der Waals surface area (Å²) in [4.78, 5) is 26.8. The molecule has 0 aliphatic carbocycles. The van der Waals surface area contributed by atoms with Crippen molar-refractivity contribution >= 4 is 34.1 Å². The van der Waals surface area contributed by atoms with Crippen LogP contribution < -0.4 is 4.74 Å². The van der Waals surface area contributed by atoms with E-state index in [-0.39, 0.29) is 23.3 Å². The number of hydrogen-bond acceptors (Lipinski definition) is 5. The SMILES string of the molecule is COc1ccc2c(c1)nc(Cl)n2CC(=O)c1ccc([N+](=O)[O-])cc1. The molecule has 1 aromatic heterocycles. The molecule has 0 unspecified atom stereocenters. The van der Waals surface area contributed by atoms with Crippen LogP contribution >= 0.6 is 11.6 Å². The van der Waals surface area contributed by atoms with Crippen LogP contribution in [0.3, 0.4) is 0 Å². The average Bonchev–Trinajstić information content (AvgIpc) is 2.89. The van der Waals surface area contributed by atoms with Crippen LogP contribution in [0.25, 0.3) is 11.0 Å². The number of benzene rings is 2. The van der Waals surface area contributed by atoms with Crippen molar-refractivity contribution in [2.24, 2.45) is 0 Å². The normalized spacial score (nSPS) is 10.8. The summed E-state index contributed by atoms with van der Waals surface area (Å²) >= 11 is 6.13. The van der Waals surface area contributed by atoms with E-state index in [9.17, 15) is 14.9 Å². The van der Waals surface area contributed by atoms with Crippen LogP contribution in [0.15, 0.2) is 42.5 Å². The molecule has 0 radical (unpaired) electrons. The third-order valence-corrected chi connectivity index (χ3v) is 3.90. The van der Waals surface area contributed by atoms with Gasteiger partial charge < -0.3 is 9.30 Å². The standard InChI is InChI=1S/C16H12ClN3O4/c1-24-12-6-7-14-13(8-12)18-16(17)19(14)9-15(21)10-2-4-11(5-3-10)20(22)23/h2-8H,9H2,1H3. The van der Waals surface area contributed by atoms with Crippen LogP contribution in [-0.4, -0.2) is 27.4 Å². The van der Waals surface area contributed by atoms with Gasteiger partial charge in [-0.05, 0) is 35.9 Å². The number of fused-ring (bicyclic) bond motifs is 1. The molecule has 0 amide bonds. The van der Waals surface area contributed by atoms with Crippen molar-refractivity contribution in [2.75, 3.05) is 7.11 Å². The number of nitrogens with zero attached hydrogens (tertiary/aromatic N) is 3. The molecule has 122 valence electrons. The molecule has 0 atom stereocenters. The van der Waals surface area contributed by atoms with Crippen LogP contribution in [0.1, 0.15) is 10.4 Å². The van der Waals surface area contributed by atoms with E-state index in [0.717, 1.165) is 0 Å². The molecule has 0 saturated carbocycles. The number of hydrogen-bond donors (Lipinski definition) is 0. The van der Waals surface area contributed by atoms with Gasteiger partial charge in [0.25, 0.3) is 5.69 Å². The Morgan fingerprint density at radius 3 is 2.62 bits per heavy atom. The number of non-ortho nitro benzene ring substituents is 1. The lowest BCUT2D eigenvalue weighted by molar-refractivity contribution is -0.384. The molecular formula is C16H12ClN3O4. The van der Waals surface area contributed by atoms with Crippen LogP contribution in [0.5, 0.6) is 5.75 Å². The Bertz CT molecular complexity index is 934. The molecule has 3 aromatic rings. The summed E-state index contributed by atoms with van der Waals surface area (Å²) in [7, 11) is 1.55. The van der Waals surface area contributed by atoms with E-state index in [2.05, 4.69) is 4.98 Å². The number of nitro groups is 1. The molecule has 24 heavy (non-hydrogen) atoms. The maximum absolute atomic E-state index is 12.4. The molecule has 2 aromatic carbocycles. The topological polar surface area (TPSA) is 87.3 Å². The minimum absolute atomic E-state index is 0.0144.